The van der Waals surface area contributed by atoms with Crippen LogP contribution in [0.2, 0.25) is 0 Å². The first-order valence-electron chi connectivity index (χ1n) is 10.7. The molecule has 1 aromatic rings. The van der Waals surface area contributed by atoms with Crippen molar-refractivity contribution in [3.8, 4) is 0 Å². The van der Waals surface area contributed by atoms with Gasteiger partial charge in [0.25, 0.3) is 0 Å². The lowest BCUT2D eigenvalue weighted by Crippen LogP contribution is -2.50. The Balaban J connectivity index is 0.00000240. The molecule has 4 rings (SSSR count). The van der Waals surface area contributed by atoms with Crippen LogP contribution < -0.4 is 10.6 Å². The number of ether oxygens (including phenoxy) is 1. The van der Waals surface area contributed by atoms with E-state index in [0.29, 0.717) is 12.0 Å². The fraction of sp³-hybridized carbons (Fsp3) is 0.682. The van der Waals surface area contributed by atoms with Crippen molar-refractivity contribution in [2.24, 2.45) is 10.9 Å². The number of guanidine groups is 1. The monoisotopic (exact) mass is 516 g/mol. The minimum atomic E-state index is -0.0928. The van der Waals surface area contributed by atoms with E-state index in [2.05, 4.69) is 20.5 Å². The van der Waals surface area contributed by atoms with Crippen LogP contribution in [-0.2, 0) is 10.2 Å². The lowest BCUT2D eigenvalue weighted by Gasteiger charge is -2.34. The summed E-state index contributed by atoms with van der Waals surface area (Å²) in [5, 5.41) is 7.04. The molecular formula is C22H34FIN4O. The number of halogens is 2. The molecule has 2 aliphatic heterocycles. The first-order valence-corrected chi connectivity index (χ1v) is 10.7. The summed E-state index contributed by atoms with van der Waals surface area (Å²) in [6.07, 6.45) is 5.53. The summed E-state index contributed by atoms with van der Waals surface area (Å²) in [5.74, 6) is 1.46. The molecule has 162 valence electrons. The minimum absolute atomic E-state index is 0. The van der Waals surface area contributed by atoms with Crippen molar-refractivity contribution >= 4 is 29.9 Å². The first kappa shape index (κ1) is 22.7. The van der Waals surface area contributed by atoms with Crippen molar-refractivity contribution in [2.75, 3.05) is 46.4 Å². The summed E-state index contributed by atoms with van der Waals surface area (Å²) in [6, 6.07) is 7.62. The molecule has 0 radical (unpaired) electrons. The Morgan fingerprint density at radius 3 is 2.62 bits per heavy atom. The van der Waals surface area contributed by atoms with Crippen molar-refractivity contribution in [3.05, 3.63) is 35.6 Å². The Morgan fingerprint density at radius 2 is 2.00 bits per heavy atom. The number of hydrogen-bond donors (Lipinski definition) is 2. The van der Waals surface area contributed by atoms with Crippen LogP contribution in [-0.4, -0.2) is 63.3 Å². The number of aliphatic imine (C=N–C) groups is 1. The largest absolute Gasteiger partial charge is 0.381 e. The number of likely N-dealkylation sites (tertiary alicyclic amines) is 1. The third-order valence-electron chi connectivity index (χ3n) is 6.59. The Labute approximate surface area is 190 Å². The number of benzene rings is 1. The molecule has 1 unspecified atom stereocenters. The van der Waals surface area contributed by atoms with Gasteiger partial charge in [-0.3, -0.25) is 4.99 Å². The highest BCUT2D eigenvalue weighted by Gasteiger charge is 2.45. The average Bonchev–Trinajstić information content (AvgIpc) is 3.33. The second-order valence-electron chi connectivity index (χ2n) is 8.63. The molecule has 0 bridgehead atoms. The van der Waals surface area contributed by atoms with Crippen LogP contribution in [0, 0.1) is 11.7 Å². The molecule has 29 heavy (non-hydrogen) atoms. The highest BCUT2D eigenvalue weighted by Crippen LogP contribution is 2.48. The van der Waals surface area contributed by atoms with Crippen molar-refractivity contribution in [1.82, 2.24) is 15.5 Å². The van der Waals surface area contributed by atoms with Gasteiger partial charge in [-0.1, -0.05) is 18.2 Å². The topological polar surface area (TPSA) is 48.9 Å². The molecule has 3 aliphatic rings. The Morgan fingerprint density at radius 1 is 1.24 bits per heavy atom. The van der Waals surface area contributed by atoms with Crippen molar-refractivity contribution < 1.29 is 9.13 Å². The van der Waals surface area contributed by atoms with E-state index in [-0.39, 0.29) is 35.2 Å². The molecule has 2 saturated heterocycles. The average molecular weight is 516 g/mol. The van der Waals surface area contributed by atoms with E-state index in [1.807, 2.05) is 19.2 Å². The van der Waals surface area contributed by atoms with Crippen LogP contribution in [0.1, 0.15) is 37.7 Å². The zero-order chi connectivity index (χ0) is 19.4. The van der Waals surface area contributed by atoms with E-state index in [4.69, 9.17) is 4.74 Å². The van der Waals surface area contributed by atoms with E-state index in [1.54, 1.807) is 12.1 Å². The molecule has 1 aromatic carbocycles. The Hall–Kier alpha value is -0.930. The van der Waals surface area contributed by atoms with Crippen LogP contribution in [0.15, 0.2) is 29.3 Å². The third kappa shape index (κ3) is 5.82. The summed E-state index contributed by atoms with van der Waals surface area (Å²) in [6.45, 7) is 6.02. The normalized spacial score (nSPS) is 24.8. The van der Waals surface area contributed by atoms with Gasteiger partial charge in [0, 0.05) is 51.3 Å². The number of nitrogens with one attached hydrogen (secondary N) is 2. The Kier molecular flexibility index (Phi) is 8.15. The molecule has 3 fully saturated rings. The number of rotatable bonds is 6. The second kappa shape index (κ2) is 10.4. The maximum atomic E-state index is 14.2. The van der Waals surface area contributed by atoms with Gasteiger partial charge < -0.3 is 20.3 Å². The Bertz CT molecular complexity index is 683. The van der Waals surface area contributed by atoms with Crippen LogP contribution in [0.4, 0.5) is 4.39 Å². The van der Waals surface area contributed by atoms with Gasteiger partial charge in [-0.15, -0.1) is 24.0 Å². The molecule has 1 atom stereocenters. The molecular weight excluding hydrogens is 482 g/mol. The molecule has 1 aliphatic carbocycles. The van der Waals surface area contributed by atoms with E-state index < -0.39 is 0 Å². The molecule has 7 heteroatoms. The van der Waals surface area contributed by atoms with Gasteiger partial charge in [0.2, 0.25) is 0 Å². The number of nitrogens with zero attached hydrogens (tertiary/aromatic N) is 2. The minimum Gasteiger partial charge on any atom is -0.381 e. The molecule has 1 saturated carbocycles. The summed E-state index contributed by atoms with van der Waals surface area (Å²) in [5.41, 5.74) is 0.762. The zero-order valence-electron chi connectivity index (χ0n) is 17.3. The van der Waals surface area contributed by atoms with E-state index in [9.17, 15) is 4.39 Å². The number of hydrogen-bond acceptors (Lipinski definition) is 3. The molecule has 5 nitrogen and oxygen atoms in total. The summed E-state index contributed by atoms with van der Waals surface area (Å²) in [4.78, 5) is 6.98. The number of piperidine rings is 1. The summed E-state index contributed by atoms with van der Waals surface area (Å²) in [7, 11) is 1.81. The van der Waals surface area contributed by atoms with Gasteiger partial charge in [0.1, 0.15) is 5.82 Å². The first-order chi connectivity index (χ1) is 13.7. The maximum absolute atomic E-state index is 14.2. The lowest BCUT2D eigenvalue weighted by atomic mass is 9.95. The summed E-state index contributed by atoms with van der Waals surface area (Å²) >= 11 is 0. The maximum Gasteiger partial charge on any atom is 0.191 e. The highest BCUT2D eigenvalue weighted by atomic mass is 127. The van der Waals surface area contributed by atoms with Crippen molar-refractivity contribution in [2.45, 2.75) is 43.6 Å². The predicted molar refractivity (Wildman–Crippen MR) is 126 cm³/mol. The van der Waals surface area contributed by atoms with Gasteiger partial charge in [-0.25, -0.2) is 4.39 Å². The molecule has 0 spiro atoms. The van der Waals surface area contributed by atoms with Gasteiger partial charge >= 0.3 is 0 Å². The van der Waals surface area contributed by atoms with Gasteiger partial charge in [-0.2, -0.15) is 0 Å². The summed E-state index contributed by atoms with van der Waals surface area (Å²) < 4.78 is 19.7. The highest BCUT2D eigenvalue weighted by molar-refractivity contribution is 14.0. The zero-order valence-corrected chi connectivity index (χ0v) is 19.7. The van der Waals surface area contributed by atoms with Crippen molar-refractivity contribution in [3.63, 3.8) is 0 Å². The molecule has 2 N–H and O–H groups in total. The SMILES string of the molecule is CN=C(NCC1(c2ccccc2F)CC1)NC1CCN(CC2CCOC2)CC1.I. The van der Waals surface area contributed by atoms with Gasteiger partial charge in [0.05, 0.1) is 6.61 Å². The molecule has 0 amide bonds. The van der Waals surface area contributed by atoms with Gasteiger partial charge in [0.15, 0.2) is 5.96 Å². The molecule has 0 aromatic heterocycles. The quantitative estimate of drug-likeness (QED) is 0.347. The van der Waals surface area contributed by atoms with Gasteiger partial charge in [-0.05, 0) is 49.7 Å². The van der Waals surface area contributed by atoms with E-state index in [0.717, 1.165) is 70.1 Å². The van der Waals surface area contributed by atoms with Crippen LogP contribution in [0.3, 0.4) is 0 Å². The van der Waals surface area contributed by atoms with Crippen LogP contribution in [0.25, 0.3) is 0 Å². The fourth-order valence-electron chi connectivity index (χ4n) is 4.58. The van der Waals surface area contributed by atoms with E-state index >= 15 is 0 Å². The standard InChI is InChI=1S/C22H33FN4O.HI/c1-24-21(25-16-22(9-10-22)19-4-2-3-5-20(19)23)26-18-6-11-27(12-7-18)14-17-8-13-28-15-17;/h2-5,17-18H,6-16H2,1H3,(H2,24,25,26);1H. The smallest absolute Gasteiger partial charge is 0.191 e. The van der Waals surface area contributed by atoms with Crippen LogP contribution in [0.5, 0.6) is 0 Å². The van der Waals surface area contributed by atoms with E-state index in [1.165, 1.54) is 13.0 Å². The second-order valence-corrected chi connectivity index (χ2v) is 8.63. The third-order valence-corrected chi connectivity index (χ3v) is 6.59. The van der Waals surface area contributed by atoms with Crippen molar-refractivity contribution in [1.29, 1.82) is 0 Å². The molecule has 2 heterocycles. The predicted octanol–water partition coefficient (Wildman–Crippen LogP) is 3.14. The fourth-order valence-corrected chi connectivity index (χ4v) is 4.58. The lowest BCUT2D eigenvalue weighted by molar-refractivity contribution is 0.150. The van der Waals surface area contributed by atoms with Crippen LogP contribution >= 0.6 is 24.0 Å².